The van der Waals surface area contributed by atoms with E-state index in [4.69, 9.17) is 21.6 Å². The van der Waals surface area contributed by atoms with Crippen molar-refractivity contribution in [3.8, 4) is 6.07 Å². The molecule has 0 N–H and O–H groups in total. The number of carbonyl (C=O) groups is 2. The van der Waals surface area contributed by atoms with Gasteiger partial charge in [0.1, 0.15) is 4.90 Å². The standard InChI is InChI=1S/C16H20ClN3O6S/c1-11(15(21)19(2)9-5-8-18)26-16(22)12-6-7-13(17)14(10-12)27(23,24)20(3)25-4/h6-7,10-11H,5,9H2,1-4H3/t11-/m0/s1. The summed E-state index contributed by atoms with van der Waals surface area (Å²) in [5.74, 6) is -1.38. The molecule has 1 aromatic rings. The van der Waals surface area contributed by atoms with Crippen LogP contribution in [-0.2, 0) is 24.4 Å². The van der Waals surface area contributed by atoms with Gasteiger partial charge in [-0.3, -0.25) is 9.63 Å². The molecule has 27 heavy (non-hydrogen) atoms. The predicted molar refractivity (Wildman–Crippen MR) is 96.2 cm³/mol. The van der Waals surface area contributed by atoms with Crippen LogP contribution >= 0.6 is 11.6 Å². The Kier molecular flexibility index (Phi) is 8.18. The van der Waals surface area contributed by atoms with Crippen LogP contribution in [0.5, 0.6) is 0 Å². The minimum Gasteiger partial charge on any atom is -0.449 e. The Morgan fingerprint density at radius 1 is 1.33 bits per heavy atom. The number of hydroxylamine groups is 1. The number of nitrogens with zero attached hydrogens (tertiary/aromatic N) is 3. The summed E-state index contributed by atoms with van der Waals surface area (Å²) in [6.45, 7) is 1.58. The number of hydrogen-bond acceptors (Lipinski definition) is 7. The van der Waals surface area contributed by atoms with E-state index in [1.54, 1.807) is 0 Å². The highest BCUT2D eigenvalue weighted by Gasteiger charge is 2.27. The summed E-state index contributed by atoms with van der Waals surface area (Å²) in [6.07, 6.45) is -0.965. The first-order chi connectivity index (χ1) is 12.6. The highest BCUT2D eigenvalue weighted by atomic mass is 35.5. The topological polar surface area (TPSA) is 117 Å². The van der Waals surface area contributed by atoms with Crippen molar-refractivity contribution in [1.29, 1.82) is 5.26 Å². The lowest BCUT2D eigenvalue weighted by Crippen LogP contribution is -2.38. The van der Waals surface area contributed by atoms with Crippen molar-refractivity contribution in [2.45, 2.75) is 24.3 Å². The first kappa shape index (κ1) is 22.9. The van der Waals surface area contributed by atoms with Gasteiger partial charge in [0, 0.05) is 20.6 Å². The third-order valence-electron chi connectivity index (χ3n) is 3.61. The Morgan fingerprint density at radius 2 is 1.96 bits per heavy atom. The molecule has 0 bridgehead atoms. The summed E-state index contributed by atoms with van der Waals surface area (Å²) in [5, 5.41) is 8.45. The zero-order valence-corrected chi connectivity index (χ0v) is 16.9. The number of benzene rings is 1. The zero-order chi connectivity index (χ0) is 20.8. The lowest BCUT2D eigenvalue weighted by Gasteiger charge is -2.20. The number of likely N-dealkylation sites (N-methyl/N-ethyl adjacent to an activating group) is 1. The van der Waals surface area contributed by atoms with E-state index in [1.807, 2.05) is 6.07 Å². The fourth-order valence-electron chi connectivity index (χ4n) is 1.98. The second kappa shape index (κ2) is 9.66. The summed E-state index contributed by atoms with van der Waals surface area (Å²) in [4.78, 5) is 30.0. The number of amides is 1. The van der Waals surface area contributed by atoms with Gasteiger partial charge in [-0.05, 0) is 25.1 Å². The van der Waals surface area contributed by atoms with Gasteiger partial charge in [-0.25, -0.2) is 13.2 Å². The summed E-state index contributed by atoms with van der Waals surface area (Å²) < 4.78 is 30.4. The number of rotatable bonds is 8. The summed E-state index contributed by atoms with van der Waals surface area (Å²) in [6, 6.07) is 5.48. The second-order valence-corrected chi connectivity index (χ2v) is 7.77. The number of halogens is 1. The van der Waals surface area contributed by atoms with E-state index in [2.05, 4.69) is 4.84 Å². The molecule has 1 amide bonds. The molecular weight excluding hydrogens is 398 g/mol. The van der Waals surface area contributed by atoms with Crippen LogP contribution in [-0.4, -0.2) is 63.5 Å². The van der Waals surface area contributed by atoms with Crippen LogP contribution in [0.2, 0.25) is 5.02 Å². The van der Waals surface area contributed by atoms with Gasteiger partial charge in [-0.2, -0.15) is 5.26 Å². The molecule has 0 spiro atoms. The number of nitriles is 1. The lowest BCUT2D eigenvalue weighted by atomic mass is 10.2. The molecule has 1 aromatic carbocycles. The van der Waals surface area contributed by atoms with Gasteiger partial charge < -0.3 is 9.64 Å². The van der Waals surface area contributed by atoms with Gasteiger partial charge in [0.2, 0.25) is 0 Å². The predicted octanol–water partition coefficient (Wildman–Crippen LogP) is 1.44. The highest BCUT2D eigenvalue weighted by Crippen LogP contribution is 2.26. The molecule has 0 aliphatic carbocycles. The molecule has 1 atom stereocenters. The van der Waals surface area contributed by atoms with Crippen LogP contribution in [0.3, 0.4) is 0 Å². The largest absolute Gasteiger partial charge is 0.449 e. The quantitative estimate of drug-likeness (QED) is 0.464. The maximum absolute atomic E-state index is 12.4. The SMILES string of the molecule is CON(C)S(=O)(=O)c1cc(C(=O)O[C@@H](C)C(=O)N(C)CCC#N)ccc1Cl. The Balaban J connectivity index is 3.01. The second-order valence-electron chi connectivity index (χ2n) is 5.46. The van der Waals surface area contributed by atoms with Gasteiger partial charge in [0.15, 0.2) is 6.10 Å². The van der Waals surface area contributed by atoms with E-state index in [1.165, 1.54) is 45.2 Å². The van der Waals surface area contributed by atoms with Crippen LogP contribution in [0.4, 0.5) is 0 Å². The third-order valence-corrected chi connectivity index (χ3v) is 5.77. The summed E-state index contributed by atoms with van der Waals surface area (Å²) >= 11 is 5.93. The molecule has 0 aromatic heterocycles. The van der Waals surface area contributed by atoms with Gasteiger partial charge in [-0.1, -0.05) is 16.1 Å². The monoisotopic (exact) mass is 417 g/mol. The zero-order valence-electron chi connectivity index (χ0n) is 15.3. The molecule has 0 fully saturated rings. The maximum atomic E-state index is 12.4. The van der Waals surface area contributed by atoms with Crippen molar-refractivity contribution in [3.05, 3.63) is 28.8 Å². The van der Waals surface area contributed by atoms with Crippen molar-refractivity contribution in [1.82, 2.24) is 9.37 Å². The number of carbonyl (C=O) groups excluding carboxylic acids is 2. The third kappa shape index (κ3) is 5.64. The van der Waals surface area contributed by atoms with E-state index in [0.717, 1.165) is 6.07 Å². The first-order valence-corrected chi connectivity index (χ1v) is 9.53. The molecule has 11 heteroatoms. The minimum absolute atomic E-state index is 0.0956. The van der Waals surface area contributed by atoms with Crippen molar-refractivity contribution < 1.29 is 27.6 Å². The molecule has 0 radical (unpaired) electrons. The number of esters is 1. The van der Waals surface area contributed by atoms with Crippen molar-refractivity contribution in [2.24, 2.45) is 0 Å². The fourth-order valence-corrected chi connectivity index (χ4v) is 3.46. The van der Waals surface area contributed by atoms with E-state index in [-0.39, 0.29) is 28.4 Å². The van der Waals surface area contributed by atoms with E-state index < -0.39 is 28.0 Å². The highest BCUT2D eigenvalue weighted by molar-refractivity contribution is 7.89. The smallest absolute Gasteiger partial charge is 0.338 e. The molecule has 0 saturated carbocycles. The molecule has 0 aliphatic rings. The van der Waals surface area contributed by atoms with E-state index >= 15 is 0 Å². The molecule has 0 heterocycles. The molecule has 0 unspecified atom stereocenters. The molecule has 0 saturated heterocycles. The van der Waals surface area contributed by atoms with E-state index in [9.17, 15) is 18.0 Å². The summed E-state index contributed by atoms with van der Waals surface area (Å²) in [7, 11) is -0.254. The van der Waals surface area contributed by atoms with Crippen molar-refractivity contribution in [3.63, 3.8) is 0 Å². The van der Waals surface area contributed by atoms with Crippen LogP contribution in [0, 0.1) is 11.3 Å². The lowest BCUT2D eigenvalue weighted by molar-refractivity contribution is -0.138. The average Bonchev–Trinajstić information content (AvgIpc) is 2.64. The minimum atomic E-state index is -4.08. The Labute approximate surface area is 163 Å². The molecular formula is C16H20ClN3O6S. The van der Waals surface area contributed by atoms with Crippen LogP contribution in [0.1, 0.15) is 23.7 Å². The Bertz CT molecular complexity index is 852. The Hall–Kier alpha value is -2.19. The van der Waals surface area contributed by atoms with Crippen LogP contribution in [0.25, 0.3) is 0 Å². The number of ether oxygens (including phenoxy) is 1. The average molecular weight is 418 g/mol. The van der Waals surface area contributed by atoms with Crippen LogP contribution < -0.4 is 0 Å². The fraction of sp³-hybridized carbons (Fsp3) is 0.438. The van der Waals surface area contributed by atoms with Crippen LogP contribution in [0.15, 0.2) is 23.1 Å². The van der Waals surface area contributed by atoms with Gasteiger partial charge in [0.25, 0.3) is 15.9 Å². The van der Waals surface area contributed by atoms with E-state index in [0.29, 0.717) is 4.47 Å². The molecule has 9 nitrogen and oxygen atoms in total. The Morgan fingerprint density at radius 3 is 2.52 bits per heavy atom. The number of hydrogen-bond donors (Lipinski definition) is 0. The number of sulfonamides is 1. The van der Waals surface area contributed by atoms with Gasteiger partial charge >= 0.3 is 5.97 Å². The maximum Gasteiger partial charge on any atom is 0.338 e. The van der Waals surface area contributed by atoms with Gasteiger partial charge in [0.05, 0.1) is 30.2 Å². The normalized spacial score (nSPS) is 12.3. The molecule has 148 valence electrons. The first-order valence-electron chi connectivity index (χ1n) is 7.71. The van der Waals surface area contributed by atoms with Gasteiger partial charge in [-0.15, -0.1) is 0 Å². The van der Waals surface area contributed by atoms with Crippen molar-refractivity contribution in [2.75, 3.05) is 27.7 Å². The molecule has 1 rings (SSSR count). The molecule has 0 aliphatic heterocycles. The summed E-state index contributed by atoms with van der Waals surface area (Å²) in [5.41, 5.74) is -0.0956. The van der Waals surface area contributed by atoms with Crippen molar-refractivity contribution >= 4 is 33.5 Å².